The summed E-state index contributed by atoms with van der Waals surface area (Å²) >= 11 is 1.26. The van der Waals surface area contributed by atoms with Crippen LogP contribution in [0.2, 0.25) is 0 Å². The fraction of sp³-hybridized carbons (Fsp3) is 0.0952. The standard InChI is InChI=1S/C21H17N3O3S/c1-2-27-21(26)18-19(25)17(28-20(18)24-13-7-4-3-5-8-13)12-14-11-16-15(23-14)9-6-10-22-16/h3-12,24-25H,2H2,1H3/b14-12+. The van der Waals surface area contributed by atoms with E-state index in [1.165, 1.54) is 11.3 Å². The zero-order valence-electron chi connectivity index (χ0n) is 15.0. The van der Waals surface area contributed by atoms with Crippen molar-refractivity contribution in [1.29, 1.82) is 0 Å². The Morgan fingerprint density at radius 1 is 1.25 bits per heavy atom. The number of para-hydroxylation sites is 1. The molecule has 0 saturated carbocycles. The molecular weight excluding hydrogens is 374 g/mol. The molecule has 0 spiro atoms. The minimum atomic E-state index is -0.573. The van der Waals surface area contributed by atoms with Gasteiger partial charge in [0.2, 0.25) is 0 Å². The van der Waals surface area contributed by atoms with Gasteiger partial charge in [0.1, 0.15) is 16.3 Å². The quantitative estimate of drug-likeness (QED) is 0.653. The number of fused-ring (bicyclic) bond motifs is 1. The summed E-state index contributed by atoms with van der Waals surface area (Å²) in [6.07, 6.45) is 5.28. The maximum Gasteiger partial charge on any atom is 0.344 e. The molecule has 0 amide bonds. The predicted octanol–water partition coefficient (Wildman–Crippen LogP) is 3.22. The highest BCUT2D eigenvalue weighted by molar-refractivity contribution is 7.17. The number of hydrogen-bond acceptors (Lipinski definition) is 7. The number of allylic oxidation sites excluding steroid dienone is 1. The van der Waals surface area contributed by atoms with Gasteiger partial charge in [0, 0.05) is 11.9 Å². The Morgan fingerprint density at radius 2 is 2.07 bits per heavy atom. The number of nitrogens with one attached hydrogen (secondary N) is 1. The number of aromatic hydroxyl groups is 1. The highest BCUT2D eigenvalue weighted by Crippen LogP contribution is 2.42. The molecular formula is C21H17N3O3S. The van der Waals surface area contributed by atoms with Crippen molar-refractivity contribution in [2.75, 3.05) is 11.9 Å². The van der Waals surface area contributed by atoms with Crippen LogP contribution in [0, 0.1) is 0 Å². The number of pyridine rings is 1. The van der Waals surface area contributed by atoms with Crippen molar-refractivity contribution in [3.63, 3.8) is 0 Å². The molecule has 0 atom stereocenters. The minimum absolute atomic E-state index is 0.121. The number of esters is 1. The SMILES string of the molecule is CCOC(=O)c1c(Nc2ccccc2)sc(/C=C2\C=c3ncccc3=N2)c1O. The lowest BCUT2D eigenvalue weighted by Gasteiger charge is -2.07. The second-order valence-electron chi connectivity index (χ2n) is 5.96. The normalized spacial score (nSPS) is 13.5. The van der Waals surface area contributed by atoms with Crippen LogP contribution in [-0.4, -0.2) is 22.7 Å². The van der Waals surface area contributed by atoms with E-state index in [0.717, 1.165) is 16.4 Å². The van der Waals surface area contributed by atoms with Gasteiger partial charge < -0.3 is 15.2 Å². The molecule has 28 heavy (non-hydrogen) atoms. The smallest absolute Gasteiger partial charge is 0.344 e. The van der Waals surface area contributed by atoms with Gasteiger partial charge in [0.15, 0.2) is 0 Å². The Kier molecular flexibility index (Phi) is 4.90. The minimum Gasteiger partial charge on any atom is -0.505 e. The van der Waals surface area contributed by atoms with Crippen LogP contribution in [0.25, 0.3) is 12.2 Å². The third-order valence-corrected chi connectivity index (χ3v) is 5.09. The molecule has 140 valence electrons. The number of carbonyl (C=O) groups excluding carboxylic acids is 1. The summed E-state index contributed by atoms with van der Waals surface area (Å²) in [5.74, 6) is -0.696. The Bertz CT molecular complexity index is 1150. The first-order chi connectivity index (χ1) is 13.7. The van der Waals surface area contributed by atoms with Crippen LogP contribution in [0.5, 0.6) is 5.75 Å². The molecule has 4 rings (SSSR count). The van der Waals surface area contributed by atoms with Crippen molar-refractivity contribution < 1.29 is 14.6 Å². The average molecular weight is 391 g/mol. The first-order valence-electron chi connectivity index (χ1n) is 8.74. The molecule has 0 aliphatic carbocycles. The molecule has 7 heteroatoms. The van der Waals surface area contributed by atoms with Crippen molar-refractivity contribution in [2.45, 2.75) is 6.92 Å². The van der Waals surface area contributed by atoms with Gasteiger partial charge >= 0.3 is 5.97 Å². The fourth-order valence-electron chi connectivity index (χ4n) is 2.81. The van der Waals surface area contributed by atoms with Gasteiger partial charge in [-0.3, -0.25) is 4.98 Å². The van der Waals surface area contributed by atoms with Crippen molar-refractivity contribution in [3.8, 4) is 5.75 Å². The van der Waals surface area contributed by atoms with Crippen molar-refractivity contribution in [1.82, 2.24) is 4.98 Å². The van der Waals surface area contributed by atoms with E-state index in [1.54, 1.807) is 19.2 Å². The number of thiophene rings is 1. The van der Waals surface area contributed by atoms with Gasteiger partial charge in [-0.15, -0.1) is 11.3 Å². The van der Waals surface area contributed by atoms with Crippen LogP contribution in [0.3, 0.4) is 0 Å². The molecule has 0 bridgehead atoms. The molecule has 1 aliphatic heterocycles. The van der Waals surface area contributed by atoms with Gasteiger partial charge in [0.25, 0.3) is 0 Å². The summed E-state index contributed by atoms with van der Waals surface area (Å²) in [6.45, 7) is 1.95. The van der Waals surface area contributed by atoms with Gasteiger partial charge in [0.05, 0.1) is 27.9 Å². The number of rotatable bonds is 5. The first kappa shape index (κ1) is 17.9. The molecule has 0 fully saturated rings. The van der Waals surface area contributed by atoms with Gasteiger partial charge in [-0.25, -0.2) is 9.79 Å². The Morgan fingerprint density at radius 3 is 2.82 bits per heavy atom. The number of benzene rings is 1. The molecule has 2 N–H and O–H groups in total. The molecule has 0 saturated heterocycles. The Labute approximate surface area is 165 Å². The monoisotopic (exact) mass is 391 g/mol. The number of anilines is 2. The molecule has 0 unspecified atom stereocenters. The number of hydrogen-bond donors (Lipinski definition) is 2. The average Bonchev–Trinajstić information content (AvgIpc) is 3.23. The van der Waals surface area contributed by atoms with E-state index >= 15 is 0 Å². The Balaban J connectivity index is 1.76. The van der Waals surface area contributed by atoms with Crippen LogP contribution >= 0.6 is 11.3 Å². The van der Waals surface area contributed by atoms with Crippen LogP contribution in [0.4, 0.5) is 10.7 Å². The largest absolute Gasteiger partial charge is 0.505 e. The van der Waals surface area contributed by atoms with Crippen LogP contribution in [0.15, 0.2) is 59.4 Å². The van der Waals surface area contributed by atoms with Crippen LogP contribution in [-0.2, 0) is 4.74 Å². The Hall–Kier alpha value is -3.45. The van der Waals surface area contributed by atoms with E-state index in [-0.39, 0.29) is 17.9 Å². The van der Waals surface area contributed by atoms with Crippen molar-refractivity contribution >= 4 is 40.1 Å². The summed E-state index contributed by atoms with van der Waals surface area (Å²) in [5.41, 5.74) is 1.59. The lowest BCUT2D eigenvalue weighted by Crippen LogP contribution is -2.23. The second-order valence-corrected chi connectivity index (χ2v) is 7.02. The third-order valence-electron chi connectivity index (χ3n) is 4.05. The molecule has 2 aromatic heterocycles. The number of ether oxygens (including phenoxy) is 1. The molecule has 0 radical (unpaired) electrons. The lowest BCUT2D eigenvalue weighted by molar-refractivity contribution is 0.0525. The highest BCUT2D eigenvalue weighted by atomic mass is 32.1. The molecule has 1 aromatic carbocycles. The maximum atomic E-state index is 12.4. The van der Waals surface area contributed by atoms with E-state index in [9.17, 15) is 9.90 Å². The topological polar surface area (TPSA) is 83.8 Å². The number of carbonyl (C=O) groups is 1. The van der Waals surface area contributed by atoms with Crippen molar-refractivity contribution in [2.24, 2.45) is 4.99 Å². The summed E-state index contributed by atoms with van der Waals surface area (Å²) in [7, 11) is 0. The number of nitrogens with zero attached hydrogens (tertiary/aromatic N) is 2. The van der Waals surface area contributed by atoms with Gasteiger partial charge in [-0.2, -0.15) is 0 Å². The summed E-state index contributed by atoms with van der Waals surface area (Å²) < 4.78 is 5.13. The van der Waals surface area contributed by atoms with E-state index in [2.05, 4.69) is 15.3 Å². The second kappa shape index (κ2) is 7.66. The zero-order chi connectivity index (χ0) is 19.5. The molecule has 3 heterocycles. The van der Waals surface area contributed by atoms with E-state index in [0.29, 0.717) is 15.6 Å². The fourth-order valence-corrected chi connectivity index (χ4v) is 3.85. The molecule has 6 nitrogen and oxygen atoms in total. The van der Waals surface area contributed by atoms with Gasteiger partial charge in [-0.05, 0) is 43.3 Å². The molecule has 1 aliphatic rings. The van der Waals surface area contributed by atoms with E-state index in [1.807, 2.05) is 48.5 Å². The van der Waals surface area contributed by atoms with E-state index < -0.39 is 5.97 Å². The predicted molar refractivity (Wildman–Crippen MR) is 109 cm³/mol. The van der Waals surface area contributed by atoms with Crippen molar-refractivity contribution in [3.05, 3.63) is 75.5 Å². The zero-order valence-corrected chi connectivity index (χ0v) is 15.9. The molecule has 3 aromatic rings. The highest BCUT2D eigenvalue weighted by Gasteiger charge is 2.24. The summed E-state index contributed by atoms with van der Waals surface area (Å²) in [5, 5.41) is 16.0. The first-order valence-corrected chi connectivity index (χ1v) is 9.55. The summed E-state index contributed by atoms with van der Waals surface area (Å²) in [6, 6.07) is 13.1. The van der Waals surface area contributed by atoms with Crippen LogP contribution < -0.4 is 16.0 Å². The lowest BCUT2D eigenvalue weighted by atomic mass is 10.2. The van der Waals surface area contributed by atoms with E-state index in [4.69, 9.17) is 4.74 Å². The maximum absolute atomic E-state index is 12.4. The van der Waals surface area contributed by atoms with Gasteiger partial charge in [-0.1, -0.05) is 18.2 Å². The summed E-state index contributed by atoms with van der Waals surface area (Å²) in [4.78, 5) is 21.7. The third kappa shape index (κ3) is 3.52. The van der Waals surface area contributed by atoms with Crippen LogP contribution in [0.1, 0.15) is 22.2 Å². The number of aromatic nitrogens is 1.